The van der Waals surface area contributed by atoms with Gasteiger partial charge in [-0.2, -0.15) is 13.2 Å². The lowest BCUT2D eigenvalue weighted by Gasteiger charge is -2.36. The molecule has 51 heavy (non-hydrogen) atoms. The van der Waals surface area contributed by atoms with E-state index < -0.39 is 28.7 Å². The first kappa shape index (κ1) is 32.3. The van der Waals surface area contributed by atoms with Crippen LogP contribution >= 0.6 is 7.75 Å². The number of alkyl halides is 3. The Morgan fingerprint density at radius 2 is 1.10 bits per heavy atom. The summed E-state index contributed by atoms with van der Waals surface area (Å²) in [6.45, 7) is 4.00. The highest BCUT2D eigenvalue weighted by Crippen LogP contribution is 2.67. The van der Waals surface area contributed by atoms with Crippen molar-refractivity contribution in [2.75, 3.05) is 0 Å². The molecule has 258 valence electrons. The zero-order valence-corrected chi connectivity index (χ0v) is 29.3. The number of fused-ring (bicyclic) bond motifs is 2. The molecule has 6 aromatic rings. The maximum atomic E-state index is 15.1. The second-order valence-electron chi connectivity index (χ2n) is 13.7. The SMILES string of the molecule is Cc1cc(-c2cccc3ccccc23)c2c3c1CCC31CCc3c(C)cc(-c4cccc5ccccc45)c(c31)OP(=O)(NS(=O)(=O)C(F)(F)F)O2. The molecule has 3 aliphatic rings. The minimum absolute atomic E-state index is 0.0735. The van der Waals surface area contributed by atoms with Gasteiger partial charge < -0.3 is 9.05 Å². The number of sulfonamides is 1. The van der Waals surface area contributed by atoms with Crippen molar-refractivity contribution in [3.8, 4) is 33.8 Å². The summed E-state index contributed by atoms with van der Waals surface area (Å²) in [5.41, 5.74) is 1.22. The Labute approximate surface area is 292 Å². The van der Waals surface area contributed by atoms with Gasteiger partial charge in [0.05, 0.1) is 0 Å². The summed E-state index contributed by atoms with van der Waals surface area (Å²) in [7, 11) is -11.6. The van der Waals surface area contributed by atoms with E-state index in [1.807, 2.05) is 111 Å². The van der Waals surface area contributed by atoms with Crippen molar-refractivity contribution in [1.29, 1.82) is 0 Å². The van der Waals surface area contributed by atoms with E-state index in [0.29, 0.717) is 47.9 Å². The summed E-state index contributed by atoms with van der Waals surface area (Å²) in [6, 6.07) is 30.6. The van der Waals surface area contributed by atoms with Gasteiger partial charge in [-0.1, -0.05) is 89.4 Å². The fourth-order valence-corrected chi connectivity index (χ4v) is 11.6. The van der Waals surface area contributed by atoms with Gasteiger partial charge in [-0.3, -0.25) is 0 Å². The van der Waals surface area contributed by atoms with E-state index in [1.165, 1.54) is 4.49 Å². The number of rotatable bonds is 4. The Bertz CT molecular complexity index is 2490. The van der Waals surface area contributed by atoms with Crippen molar-refractivity contribution in [1.82, 2.24) is 4.49 Å². The minimum atomic E-state index is -6.21. The van der Waals surface area contributed by atoms with Crippen molar-refractivity contribution in [3.05, 3.63) is 130 Å². The largest absolute Gasteiger partial charge is 0.526 e. The highest BCUT2D eigenvalue weighted by atomic mass is 32.2. The second kappa shape index (κ2) is 10.9. The zero-order valence-electron chi connectivity index (χ0n) is 27.6. The van der Waals surface area contributed by atoms with Crippen LogP contribution in [0.4, 0.5) is 13.2 Å². The first-order chi connectivity index (χ1) is 24.3. The fourth-order valence-electron chi connectivity index (χ4n) is 8.77. The fraction of sp³-hybridized carbons (Fsp3) is 0.200. The van der Waals surface area contributed by atoms with Gasteiger partial charge in [0.15, 0.2) is 0 Å². The van der Waals surface area contributed by atoms with Crippen LogP contribution in [-0.2, 0) is 32.8 Å². The molecule has 0 radical (unpaired) electrons. The van der Waals surface area contributed by atoms with Crippen molar-refractivity contribution >= 4 is 39.3 Å². The topological polar surface area (TPSA) is 81.7 Å². The predicted molar refractivity (Wildman–Crippen MR) is 193 cm³/mol. The van der Waals surface area contributed by atoms with Crippen LogP contribution in [0.5, 0.6) is 11.5 Å². The van der Waals surface area contributed by atoms with Crippen LogP contribution in [0, 0.1) is 13.8 Å². The molecule has 1 N–H and O–H groups in total. The molecule has 0 saturated carbocycles. The number of hydrogen-bond acceptors (Lipinski definition) is 5. The first-order valence-corrected chi connectivity index (χ1v) is 19.7. The molecule has 0 unspecified atom stereocenters. The zero-order chi connectivity index (χ0) is 35.5. The van der Waals surface area contributed by atoms with Crippen LogP contribution in [0.15, 0.2) is 97.1 Å². The standard InChI is InChI=1S/C40H31F3NO5PS/c1-23-21-33(31-15-7-11-25-9-3-5-13-29(25)31)37-35-27(23)17-19-39(35)20-18-28-24(2)22-34(32-16-8-12-26-10-4-6-14-30(26)32)38(36(28)39)49-50(45,48-37)44-51(46,47)40(41,42)43/h3-16,21-22H,17-20H2,1-2H3,(H,44,45). The Hall–Kier alpha value is -4.63. The molecular weight excluding hydrogens is 694 g/mol. The highest BCUT2D eigenvalue weighted by Gasteiger charge is 2.57. The molecule has 9 rings (SSSR count). The number of halogens is 3. The van der Waals surface area contributed by atoms with E-state index in [1.54, 1.807) is 0 Å². The quantitative estimate of drug-likeness (QED) is 0.183. The smallest absolute Gasteiger partial charge is 0.403 e. The number of aryl methyl sites for hydroxylation is 2. The molecule has 0 atom stereocenters. The van der Waals surface area contributed by atoms with Gasteiger partial charge in [0.2, 0.25) is 0 Å². The van der Waals surface area contributed by atoms with Crippen LogP contribution in [0.2, 0.25) is 0 Å². The van der Waals surface area contributed by atoms with Crippen molar-refractivity contribution in [3.63, 3.8) is 0 Å². The van der Waals surface area contributed by atoms with E-state index >= 15 is 4.57 Å². The van der Waals surface area contributed by atoms with E-state index in [-0.39, 0.29) is 11.5 Å². The average Bonchev–Trinajstić information content (AvgIpc) is 3.67. The van der Waals surface area contributed by atoms with Crippen molar-refractivity contribution in [2.45, 2.75) is 50.5 Å². The third-order valence-electron chi connectivity index (χ3n) is 10.9. The Morgan fingerprint density at radius 3 is 1.55 bits per heavy atom. The number of nitrogens with one attached hydrogen (secondary N) is 1. The molecule has 2 aliphatic carbocycles. The summed E-state index contributed by atoms with van der Waals surface area (Å²) in [5.74, 6) is 0.147. The van der Waals surface area contributed by atoms with E-state index in [4.69, 9.17) is 9.05 Å². The van der Waals surface area contributed by atoms with Gasteiger partial charge in [0, 0.05) is 27.7 Å². The third kappa shape index (κ3) is 4.73. The van der Waals surface area contributed by atoms with Gasteiger partial charge in [0.1, 0.15) is 11.5 Å². The molecule has 0 aromatic heterocycles. The third-order valence-corrected chi connectivity index (χ3v) is 14.2. The lowest BCUT2D eigenvalue weighted by Crippen LogP contribution is -2.37. The predicted octanol–water partition coefficient (Wildman–Crippen LogP) is 10.4. The molecule has 0 amide bonds. The van der Waals surface area contributed by atoms with Gasteiger partial charge in [-0.05, 0) is 107 Å². The molecule has 0 fully saturated rings. The molecule has 1 aliphatic heterocycles. The normalized spacial score (nSPS) is 17.0. The maximum Gasteiger partial charge on any atom is 0.526 e. The molecule has 0 bridgehead atoms. The molecular formula is C40H31F3NO5PS. The summed E-state index contributed by atoms with van der Waals surface area (Å²) in [6.07, 6.45) is 2.61. The number of benzene rings is 6. The van der Waals surface area contributed by atoms with Gasteiger partial charge in [0.25, 0.3) is 0 Å². The molecule has 0 saturated heterocycles. The van der Waals surface area contributed by atoms with Gasteiger partial charge >= 0.3 is 23.3 Å². The highest BCUT2D eigenvalue weighted by molar-refractivity contribution is 7.95. The molecule has 11 heteroatoms. The molecule has 1 heterocycles. The van der Waals surface area contributed by atoms with Crippen LogP contribution in [0.25, 0.3) is 43.8 Å². The summed E-state index contributed by atoms with van der Waals surface area (Å²) in [4.78, 5) is 0. The molecule has 6 nitrogen and oxygen atoms in total. The summed E-state index contributed by atoms with van der Waals surface area (Å²) in [5, 5.41) is 3.53. The monoisotopic (exact) mass is 725 g/mol. The van der Waals surface area contributed by atoms with E-state index in [0.717, 1.165) is 54.9 Å². The van der Waals surface area contributed by atoms with Gasteiger partial charge in [-0.25, -0.2) is 13.0 Å². The van der Waals surface area contributed by atoms with Crippen LogP contribution in [0.1, 0.15) is 46.2 Å². The van der Waals surface area contributed by atoms with Crippen LogP contribution < -0.4 is 13.5 Å². The molecule has 1 spiro atoms. The maximum absolute atomic E-state index is 15.1. The van der Waals surface area contributed by atoms with Crippen LogP contribution in [0.3, 0.4) is 0 Å². The lowest BCUT2D eigenvalue weighted by molar-refractivity contribution is -0.0443. The first-order valence-electron chi connectivity index (χ1n) is 16.7. The second-order valence-corrected chi connectivity index (χ2v) is 17.3. The molecule has 6 aromatic carbocycles. The summed E-state index contributed by atoms with van der Waals surface area (Å²) >= 11 is 0. The average molecular weight is 726 g/mol. The summed E-state index contributed by atoms with van der Waals surface area (Å²) < 4.78 is 96.9. The Balaban J connectivity index is 1.41. The minimum Gasteiger partial charge on any atom is -0.403 e. The van der Waals surface area contributed by atoms with Gasteiger partial charge in [-0.15, -0.1) is 0 Å². The van der Waals surface area contributed by atoms with Crippen LogP contribution in [-0.4, -0.2) is 13.9 Å². The Morgan fingerprint density at radius 1 is 0.667 bits per heavy atom. The van der Waals surface area contributed by atoms with E-state index in [9.17, 15) is 21.6 Å². The lowest BCUT2D eigenvalue weighted by atomic mass is 9.73. The van der Waals surface area contributed by atoms with E-state index in [2.05, 4.69) is 0 Å². The van der Waals surface area contributed by atoms with Crippen molar-refractivity contribution in [2.24, 2.45) is 0 Å². The van der Waals surface area contributed by atoms with Crippen molar-refractivity contribution < 1.29 is 35.2 Å². The number of hydrogen-bond donors (Lipinski definition) is 1. The Kier molecular flexibility index (Phi) is 6.92.